The average Bonchev–Trinajstić information content (AvgIpc) is 2.94. The van der Waals surface area contributed by atoms with Crippen LogP contribution < -0.4 is 5.30 Å². The number of benzene rings is 1. The van der Waals surface area contributed by atoms with Crippen LogP contribution in [0.3, 0.4) is 0 Å². The minimum atomic E-state index is -0.248. The maximum absolute atomic E-state index is 12.5. The smallest absolute Gasteiger partial charge is 0.226 e. The van der Waals surface area contributed by atoms with E-state index >= 15 is 0 Å². The lowest BCUT2D eigenvalue weighted by Gasteiger charge is -2.26. The van der Waals surface area contributed by atoms with Gasteiger partial charge in [-0.25, -0.2) is 0 Å². The molecule has 0 N–H and O–H groups in total. The first kappa shape index (κ1) is 13.8. The largest absolute Gasteiger partial charge is 0.349 e. The molecule has 4 atom stereocenters. The molecule has 0 radical (unpaired) electrons. The van der Waals surface area contributed by atoms with Crippen molar-refractivity contribution in [3.05, 3.63) is 41.5 Å². The Morgan fingerprint density at radius 3 is 2.40 bits per heavy atom. The normalized spacial score (nSPS) is 31.8. The van der Waals surface area contributed by atoms with Gasteiger partial charge >= 0.3 is 0 Å². The number of amides is 1. The fraction of sp³-hybridized carbons (Fsp3) is 0.471. The number of hydrogen-bond acceptors (Lipinski definition) is 1. The molecule has 3 heteroatoms. The van der Waals surface area contributed by atoms with Crippen LogP contribution in [-0.4, -0.2) is 36.2 Å². The first-order valence-electron chi connectivity index (χ1n) is 7.24. The summed E-state index contributed by atoms with van der Waals surface area (Å²) in [5, 5.41) is 1.46. The van der Waals surface area contributed by atoms with Gasteiger partial charge in [-0.15, -0.1) is 0 Å². The number of fused-ring (bicyclic) bond motifs is 2. The minimum Gasteiger partial charge on any atom is -0.349 e. The molecule has 2 bridgehead atoms. The Labute approximate surface area is 122 Å². The van der Waals surface area contributed by atoms with Gasteiger partial charge in [-0.3, -0.25) is 4.79 Å². The number of hydrogen-bond donors (Lipinski definition) is 0. The van der Waals surface area contributed by atoms with Crippen LogP contribution in [-0.2, 0) is 4.79 Å². The molecular weight excluding hydrogens is 265 g/mol. The molecule has 0 aromatic heterocycles. The minimum absolute atomic E-state index is 0.199. The second kappa shape index (κ2) is 5.00. The van der Waals surface area contributed by atoms with E-state index < -0.39 is 0 Å². The van der Waals surface area contributed by atoms with E-state index in [1.807, 2.05) is 14.1 Å². The molecule has 3 rings (SSSR count). The lowest BCUT2D eigenvalue weighted by molar-refractivity contribution is -0.132. The van der Waals surface area contributed by atoms with Crippen molar-refractivity contribution in [3.63, 3.8) is 0 Å². The molecule has 20 heavy (non-hydrogen) atoms. The third-order valence-electron chi connectivity index (χ3n) is 4.87. The molecule has 0 spiro atoms. The molecule has 2 heterocycles. The van der Waals surface area contributed by atoms with E-state index in [-0.39, 0.29) is 13.8 Å². The van der Waals surface area contributed by atoms with E-state index in [9.17, 15) is 4.79 Å². The Balaban J connectivity index is 1.98. The van der Waals surface area contributed by atoms with Gasteiger partial charge in [-0.2, -0.15) is 0 Å². The van der Waals surface area contributed by atoms with Crippen LogP contribution in [0.1, 0.15) is 20.3 Å². The van der Waals surface area contributed by atoms with E-state index in [2.05, 4.69) is 44.2 Å². The average molecular weight is 287 g/mol. The summed E-state index contributed by atoms with van der Waals surface area (Å²) in [5.74, 6) is 0.512. The molecule has 0 aliphatic carbocycles. The summed E-state index contributed by atoms with van der Waals surface area (Å²) >= 11 is 0. The van der Waals surface area contributed by atoms with E-state index in [0.717, 1.165) is 6.42 Å². The SMILES string of the molecule is CC1=C(C)[C@@H]2[C@@H](C(=O)N(C)C)C[C@H]1P2c1ccccc1. The van der Waals surface area contributed by atoms with Crippen LogP contribution >= 0.6 is 7.92 Å². The highest BCUT2D eigenvalue weighted by Gasteiger charge is 2.53. The summed E-state index contributed by atoms with van der Waals surface area (Å²) < 4.78 is 0. The lowest BCUT2D eigenvalue weighted by Crippen LogP contribution is -2.35. The van der Waals surface area contributed by atoms with Gasteiger partial charge in [0.1, 0.15) is 0 Å². The summed E-state index contributed by atoms with van der Waals surface area (Å²) in [6.45, 7) is 4.52. The molecular formula is C17H22NOP. The molecule has 0 saturated carbocycles. The summed E-state index contributed by atoms with van der Waals surface area (Å²) in [4.78, 5) is 14.2. The standard InChI is InChI=1S/C17H22NOP/c1-11-12(2)16-14(17(19)18(3)4)10-15(11)20(16)13-8-6-5-7-9-13/h5-9,14-16H,10H2,1-4H3/t14-,15+,16+,20?/m0/s1. The molecule has 2 aliphatic heterocycles. The van der Waals surface area contributed by atoms with Gasteiger partial charge in [0.05, 0.1) is 0 Å². The highest BCUT2D eigenvalue weighted by molar-refractivity contribution is 7.68. The van der Waals surface area contributed by atoms with Crippen LogP contribution in [0.2, 0.25) is 0 Å². The first-order valence-corrected chi connectivity index (χ1v) is 8.72. The van der Waals surface area contributed by atoms with Gasteiger partial charge in [0, 0.05) is 31.3 Å². The number of nitrogens with zero attached hydrogens (tertiary/aromatic N) is 1. The van der Waals surface area contributed by atoms with Gasteiger partial charge in [-0.05, 0) is 25.6 Å². The van der Waals surface area contributed by atoms with E-state index in [4.69, 9.17) is 0 Å². The zero-order valence-corrected chi connectivity index (χ0v) is 13.5. The van der Waals surface area contributed by atoms with Gasteiger partial charge < -0.3 is 4.90 Å². The van der Waals surface area contributed by atoms with Crippen molar-refractivity contribution in [3.8, 4) is 0 Å². The number of allylic oxidation sites excluding steroid dienone is 2. The van der Waals surface area contributed by atoms with Crippen molar-refractivity contribution in [1.82, 2.24) is 4.90 Å². The predicted molar refractivity (Wildman–Crippen MR) is 85.7 cm³/mol. The Bertz CT molecular complexity index is 564. The van der Waals surface area contributed by atoms with E-state index in [1.165, 1.54) is 10.9 Å². The van der Waals surface area contributed by atoms with Gasteiger partial charge in [-0.1, -0.05) is 49.4 Å². The second-order valence-corrected chi connectivity index (χ2v) is 8.65. The van der Waals surface area contributed by atoms with Gasteiger partial charge in [0.25, 0.3) is 0 Å². The molecule has 2 aliphatic rings. The summed E-state index contributed by atoms with van der Waals surface area (Å²) in [5.41, 5.74) is 4.11. The fourth-order valence-electron chi connectivity index (χ4n) is 3.77. The molecule has 2 nitrogen and oxygen atoms in total. The van der Waals surface area contributed by atoms with Gasteiger partial charge in [0.15, 0.2) is 0 Å². The number of carbonyl (C=O) groups excluding carboxylic acids is 1. The van der Waals surface area contributed by atoms with Crippen molar-refractivity contribution >= 4 is 19.1 Å². The van der Waals surface area contributed by atoms with Crippen molar-refractivity contribution in [2.24, 2.45) is 5.92 Å². The fourth-order valence-corrected chi connectivity index (χ4v) is 7.69. The topological polar surface area (TPSA) is 20.3 Å². The van der Waals surface area contributed by atoms with Crippen LogP contribution in [0.25, 0.3) is 0 Å². The summed E-state index contributed by atoms with van der Waals surface area (Å²) in [6, 6.07) is 10.8. The third kappa shape index (κ3) is 1.93. The molecule has 106 valence electrons. The monoisotopic (exact) mass is 287 g/mol. The van der Waals surface area contributed by atoms with Gasteiger partial charge in [0.2, 0.25) is 5.91 Å². The lowest BCUT2D eigenvalue weighted by atomic mass is 9.84. The third-order valence-corrected chi connectivity index (χ3v) is 8.38. The second-order valence-electron chi connectivity index (χ2n) is 6.14. The Hall–Kier alpha value is -1.14. The Kier molecular flexibility index (Phi) is 3.46. The van der Waals surface area contributed by atoms with E-state index in [0.29, 0.717) is 17.2 Å². The maximum Gasteiger partial charge on any atom is 0.226 e. The predicted octanol–water partition coefficient (Wildman–Crippen LogP) is 2.99. The van der Waals surface area contributed by atoms with Crippen LogP contribution in [0, 0.1) is 5.92 Å². The Morgan fingerprint density at radius 2 is 1.80 bits per heavy atom. The van der Waals surface area contributed by atoms with Crippen LogP contribution in [0.5, 0.6) is 0 Å². The molecule has 1 amide bonds. The molecule has 1 fully saturated rings. The summed E-state index contributed by atoms with van der Waals surface area (Å²) in [6.07, 6.45) is 1.05. The van der Waals surface area contributed by atoms with Crippen molar-refractivity contribution in [2.45, 2.75) is 31.6 Å². The highest BCUT2D eigenvalue weighted by atomic mass is 31.1. The molecule has 1 saturated heterocycles. The summed E-state index contributed by atoms with van der Waals surface area (Å²) in [7, 11) is 3.51. The zero-order valence-electron chi connectivity index (χ0n) is 12.6. The maximum atomic E-state index is 12.5. The van der Waals surface area contributed by atoms with Crippen LogP contribution in [0.4, 0.5) is 0 Å². The first-order chi connectivity index (χ1) is 9.52. The van der Waals surface area contributed by atoms with E-state index in [1.54, 1.807) is 10.5 Å². The quantitative estimate of drug-likeness (QED) is 0.605. The molecule has 1 unspecified atom stereocenters. The molecule has 1 aromatic carbocycles. The number of carbonyl (C=O) groups is 1. The van der Waals surface area contributed by atoms with Crippen LogP contribution in [0.15, 0.2) is 41.5 Å². The van der Waals surface area contributed by atoms with Crippen molar-refractivity contribution in [2.75, 3.05) is 14.1 Å². The van der Waals surface area contributed by atoms with Crippen molar-refractivity contribution < 1.29 is 4.79 Å². The molecule has 1 aromatic rings. The van der Waals surface area contributed by atoms with Crippen molar-refractivity contribution in [1.29, 1.82) is 0 Å². The highest BCUT2D eigenvalue weighted by Crippen LogP contribution is 2.67. The Morgan fingerprint density at radius 1 is 1.15 bits per heavy atom. The zero-order chi connectivity index (χ0) is 14.4. The number of rotatable bonds is 2.